The van der Waals surface area contributed by atoms with E-state index in [2.05, 4.69) is 39.8 Å². The Balaban J connectivity index is 1.59. The van der Waals surface area contributed by atoms with E-state index < -0.39 is 0 Å². The Kier molecular flexibility index (Phi) is 3.68. The van der Waals surface area contributed by atoms with Crippen LogP contribution in [0.4, 0.5) is 0 Å². The molecular formula is C19H20ClN3OS. The summed E-state index contributed by atoms with van der Waals surface area (Å²) in [6.45, 7) is 3.01. The first-order valence-electron chi connectivity index (χ1n) is 8.75. The van der Waals surface area contributed by atoms with Crippen molar-refractivity contribution in [2.75, 3.05) is 6.61 Å². The lowest BCUT2D eigenvalue weighted by Gasteiger charge is -2.46. The molecule has 0 radical (unpaired) electrons. The van der Waals surface area contributed by atoms with Crippen molar-refractivity contribution in [2.24, 2.45) is 0 Å². The van der Waals surface area contributed by atoms with Crippen molar-refractivity contribution in [3.05, 3.63) is 57.1 Å². The molecule has 0 saturated carbocycles. The van der Waals surface area contributed by atoms with Crippen LogP contribution >= 0.6 is 22.9 Å². The first-order valence-corrected chi connectivity index (χ1v) is 9.94. The van der Waals surface area contributed by atoms with Gasteiger partial charge in [0, 0.05) is 47.5 Å². The minimum atomic E-state index is -0.236. The predicted molar refractivity (Wildman–Crippen MR) is 100 cm³/mol. The van der Waals surface area contributed by atoms with Gasteiger partial charge in [0.2, 0.25) is 0 Å². The fraction of sp³-hybridized carbons (Fsp3) is 0.421. The summed E-state index contributed by atoms with van der Waals surface area (Å²) in [5, 5.41) is 3.76. The van der Waals surface area contributed by atoms with E-state index in [1.165, 1.54) is 16.0 Å². The first-order chi connectivity index (χ1) is 12.1. The summed E-state index contributed by atoms with van der Waals surface area (Å²) in [6, 6.07) is 6.97. The first kappa shape index (κ1) is 15.8. The van der Waals surface area contributed by atoms with Crippen LogP contribution in [0.15, 0.2) is 36.8 Å². The number of nitrogens with zero attached hydrogens (tertiary/aromatic N) is 2. The summed E-state index contributed by atoms with van der Waals surface area (Å²) in [6.07, 6.45) is 8.74. The lowest BCUT2D eigenvalue weighted by Crippen LogP contribution is -2.49. The molecule has 3 aromatic heterocycles. The topological polar surface area (TPSA) is 38.6 Å². The van der Waals surface area contributed by atoms with Crippen LogP contribution in [0.1, 0.15) is 41.8 Å². The van der Waals surface area contributed by atoms with Crippen LogP contribution in [0.25, 0.3) is 5.65 Å². The van der Waals surface area contributed by atoms with Crippen molar-refractivity contribution in [1.29, 1.82) is 0 Å². The van der Waals surface area contributed by atoms with Crippen molar-refractivity contribution in [3.8, 4) is 0 Å². The summed E-state index contributed by atoms with van der Waals surface area (Å²) >= 11 is 8.03. The van der Waals surface area contributed by atoms with Crippen molar-refractivity contribution < 1.29 is 4.74 Å². The van der Waals surface area contributed by atoms with Gasteiger partial charge in [0.15, 0.2) is 0 Å². The van der Waals surface area contributed by atoms with Gasteiger partial charge in [-0.05, 0) is 37.5 Å². The summed E-state index contributed by atoms with van der Waals surface area (Å²) < 4.78 is 9.40. The van der Waals surface area contributed by atoms with E-state index in [1.807, 2.05) is 18.6 Å². The van der Waals surface area contributed by atoms with Crippen LogP contribution in [0.3, 0.4) is 0 Å². The Morgan fingerprint density at radius 2 is 2.32 bits per heavy atom. The SMILES string of the molecule is C[C@H]1C[C@@]2(C[C@@H](c3cccn4ccnc34)N1)OCCc1cc(Cl)sc12. The normalized spacial score (nSPS) is 29.2. The number of ether oxygens (including phenoxy) is 1. The lowest BCUT2D eigenvalue weighted by atomic mass is 9.78. The minimum absolute atomic E-state index is 0.210. The van der Waals surface area contributed by atoms with E-state index in [1.54, 1.807) is 11.3 Å². The molecule has 3 atom stereocenters. The number of pyridine rings is 1. The van der Waals surface area contributed by atoms with Gasteiger partial charge in [-0.15, -0.1) is 11.3 Å². The smallest absolute Gasteiger partial charge is 0.141 e. The van der Waals surface area contributed by atoms with Gasteiger partial charge in [-0.1, -0.05) is 17.7 Å². The molecule has 0 bridgehead atoms. The van der Waals surface area contributed by atoms with Crippen molar-refractivity contribution in [1.82, 2.24) is 14.7 Å². The molecule has 1 spiro atoms. The number of hydrogen-bond acceptors (Lipinski definition) is 4. The average molecular weight is 374 g/mol. The molecular weight excluding hydrogens is 354 g/mol. The van der Waals surface area contributed by atoms with Gasteiger partial charge in [0.25, 0.3) is 0 Å². The maximum atomic E-state index is 6.45. The molecule has 5 heterocycles. The second-order valence-electron chi connectivity index (χ2n) is 7.15. The molecule has 2 aliphatic rings. The third-order valence-electron chi connectivity index (χ3n) is 5.42. The molecule has 3 aromatic rings. The molecule has 0 unspecified atom stereocenters. The maximum Gasteiger partial charge on any atom is 0.141 e. The number of piperidine rings is 1. The Bertz CT molecular complexity index is 936. The Morgan fingerprint density at radius 3 is 3.24 bits per heavy atom. The standard InChI is InChI=1S/C19H20ClN3OS/c1-12-10-19(17-13(4-8-24-19)9-16(20)25-17)11-15(22-12)14-3-2-6-23-7-5-21-18(14)23/h2-3,5-7,9,12,15,22H,4,8,10-11H2,1H3/t12-,15-,19-/m0/s1. The van der Waals surface area contributed by atoms with Gasteiger partial charge in [-0.25, -0.2) is 4.98 Å². The van der Waals surface area contributed by atoms with Gasteiger partial charge in [0.05, 0.1) is 10.9 Å². The van der Waals surface area contributed by atoms with Gasteiger partial charge in [-0.2, -0.15) is 0 Å². The second kappa shape index (κ2) is 5.81. The molecule has 1 fully saturated rings. The van der Waals surface area contributed by atoms with Crippen LogP contribution in [-0.4, -0.2) is 22.0 Å². The highest BCUT2D eigenvalue weighted by Gasteiger charge is 2.46. The van der Waals surface area contributed by atoms with E-state index in [9.17, 15) is 0 Å². The number of rotatable bonds is 1. The lowest BCUT2D eigenvalue weighted by molar-refractivity contribution is -0.0953. The number of fused-ring (bicyclic) bond motifs is 3. The second-order valence-corrected chi connectivity index (χ2v) is 8.83. The highest BCUT2D eigenvalue weighted by molar-refractivity contribution is 7.16. The van der Waals surface area contributed by atoms with E-state index in [0.717, 1.165) is 35.9 Å². The van der Waals surface area contributed by atoms with Crippen LogP contribution in [0, 0.1) is 0 Å². The number of hydrogen-bond donors (Lipinski definition) is 1. The number of aromatic nitrogens is 2. The summed E-state index contributed by atoms with van der Waals surface area (Å²) in [5.41, 5.74) is 3.38. The number of nitrogens with one attached hydrogen (secondary N) is 1. The maximum absolute atomic E-state index is 6.45. The fourth-order valence-electron chi connectivity index (χ4n) is 4.50. The molecule has 1 saturated heterocycles. The molecule has 4 nitrogen and oxygen atoms in total. The minimum Gasteiger partial charge on any atom is -0.369 e. The predicted octanol–water partition coefficient (Wildman–Crippen LogP) is 4.33. The molecule has 25 heavy (non-hydrogen) atoms. The van der Waals surface area contributed by atoms with E-state index in [4.69, 9.17) is 16.3 Å². The van der Waals surface area contributed by atoms with E-state index in [-0.39, 0.29) is 11.6 Å². The fourth-order valence-corrected chi connectivity index (χ4v) is 5.97. The van der Waals surface area contributed by atoms with Crippen molar-refractivity contribution >= 4 is 28.6 Å². The third-order valence-corrected chi connectivity index (χ3v) is 6.91. The molecule has 0 aromatic carbocycles. The largest absolute Gasteiger partial charge is 0.369 e. The summed E-state index contributed by atoms with van der Waals surface area (Å²) in [4.78, 5) is 5.90. The number of halogens is 1. The van der Waals surface area contributed by atoms with Gasteiger partial charge in [0.1, 0.15) is 11.2 Å². The number of imidazole rings is 1. The summed E-state index contributed by atoms with van der Waals surface area (Å²) in [7, 11) is 0. The molecule has 2 aliphatic heterocycles. The zero-order valence-corrected chi connectivity index (χ0v) is 15.6. The average Bonchev–Trinajstić information content (AvgIpc) is 3.20. The van der Waals surface area contributed by atoms with Crippen molar-refractivity contribution in [3.63, 3.8) is 0 Å². The highest BCUT2D eigenvalue weighted by atomic mass is 35.5. The van der Waals surface area contributed by atoms with E-state index >= 15 is 0 Å². The molecule has 6 heteroatoms. The highest BCUT2D eigenvalue weighted by Crippen LogP contribution is 2.50. The van der Waals surface area contributed by atoms with Crippen LogP contribution < -0.4 is 5.32 Å². The Labute approximate surface area is 155 Å². The number of thiophene rings is 1. The third kappa shape index (κ3) is 2.53. The molecule has 130 valence electrons. The van der Waals surface area contributed by atoms with Crippen molar-refractivity contribution in [2.45, 2.75) is 43.9 Å². The van der Waals surface area contributed by atoms with Gasteiger partial charge < -0.3 is 14.5 Å². The van der Waals surface area contributed by atoms with Gasteiger partial charge in [-0.3, -0.25) is 0 Å². The quantitative estimate of drug-likeness (QED) is 0.690. The molecule has 0 aliphatic carbocycles. The summed E-state index contributed by atoms with van der Waals surface area (Å²) in [5.74, 6) is 0. The molecule has 1 N–H and O–H groups in total. The molecule has 0 amide bonds. The monoisotopic (exact) mass is 373 g/mol. The van der Waals surface area contributed by atoms with Crippen LogP contribution in [0.2, 0.25) is 4.34 Å². The van der Waals surface area contributed by atoms with E-state index in [0.29, 0.717) is 6.04 Å². The Morgan fingerprint density at radius 1 is 1.40 bits per heavy atom. The molecule has 5 rings (SSSR count). The Hall–Kier alpha value is -1.40. The van der Waals surface area contributed by atoms with Gasteiger partial charge >= 0.3 is 0 Å². The van der Waals surface area contributed by atoms with Crippen LogP contribution in [0.5, 0.6) is 0 Å². The van der Waals surface area contributed by atoms with Crippen LogP contribution in [-0.2, 0) is 16.8 Å². The zero-order valence-electron chi connectivity index (χ0n) is 14.0. The zero-order chi connectivity index (χ0) is 17.0.